The Labute approximate surface area is 106 Å². The normalized spacial score (nSPS) is 18.7. The summed E-state index contributed by atoms with van der Waals surface area (Å²) in [5, 5.41) is 3.27. The molecule has 0 amide bonds. The summed E-state index contributed by atoms with van der Waals surface area (Å²) in [7, 11) is 3.75. The predicted molar refractivity (Wildman–Crippen MR) is 70.4 cm³/mol. The molecule has 1 N–H and O–H groups in total. The lowest BCUT2D eigenvalue weighted by Gasteiger charge is -2.31. The van der Waals surface area contributed by atoms with Gasteiger partial charge in [-0.2, -0.15) is 0 Å². The van der Waals surface area contributed by atoms with Crippen molar-refractivity contribution in [3.63, 3.8) is 0 Å². The zero-order chi connectivity index (χ0) is 12.3. The molecule has 1 aliphatic heterocycles. The standard InChI is InChI=1S/C13H28N2O2/c1-14-12-13-4-7-15(8-5-13)6-3-9-17-11-10-16-2/h13-14H,3-12H2,1-2H3. The molecule has 4 nitrogen and oxygen atoms in total. The third-order valence-electron chi connectivity index (χ3n) is 3.39. The number of nitrogens with one attached hydrogen (secondary N) is 1. The molecule has 17 heavy (non-hydrogen) atoms. The third kappa shape index (κ3) is 6.99. The maximum Gasteiger partial charge on any atom is 0.0700 e. The zero-order valence-corrected chi connectivity index (χ0v) is 11.4. The third-order valence-corrected chi connectivity index (χ3v) is 3.39. The highest BCUT2D eigenvalue weighted by molar-refractivity contribution is 4.73. The van der Waals surface area contributed by atoms with E-state index in [-0.39, 0.29) is 0 Å². The first kappa shape index (κ1) is 14.9. The van der Waals surface area contributed by atoms with Crippen molar-refractivity contribution in [2.45, 2.75) is 19.3 Å². The van der Waals surface area contributed by atoms with Crippen LogP contribution in [0.2, 0.25) is 0 Å². The van der Waals surface area contributed by atoms with Gasteiger partial charge < -0.3 is 19.7 Å². The molecule has 0 radical (unpaired) electrons. The van der Waals surface area contributed by atoms with Crippen LogP contribution in [-0.2, 0) is 9.47 Å². The Bertz CT molecular complexity index is 171. The summed E-state index contributed by atoms with van der Waals surface area (Å²) in [4.78, 5) is 2.56. The van der Waals surface area contributed by atoms with E-state index in [1.807, 2.05) is 7.05 Å². The fourth-order valence-electron chi connectivity index (χ4n) is 2.34. The Hall–Kier alpha value is -0.160. The molecule has 102 valence electrons. The highest BCUT2D eigenvalue weighted by Crippen LogP contribution is 2.16. The fourth-order valence-corrected chi connectivity index (χ4v) is 2.34. The van der Waals surface area contributed by atoms with Crippen LogP contribution in [0.5, 0.6) is 0 Å². The number of methoxy groups -OCH3 is 1. The monoisotopic (exact) mass is 244 g/mol. The minimum atomic E-state index is 0.704. The summed E-state index contributed by atoms with van der Waals surface area (Å²) < 4.78 is 10.4. The summed E-state index contributed by atoms with van der Waals surface area (Å²) >= 11 is 0. The van der Waals surface area contributed by atoms with Gasteiger partial charge in [0.15, 0.2) is 0 Å². The topological polar surface area (TPSA) is 33.7 Å². The van der Waals surface area contributed by atoms with Gasteiger partial charge in [0.2, 0.25) is 0 Å². The molecule has 0 spiro atoms. The summed E-state index contributed by atoms with van der Waals surface area (Å²) in [5.74, 6) is 0.884. The molecule has 0 unspecified atom stereocenters. The van der Waals surface area contributed by atoms with E-state index in [0.717, 1.165) is 25.6 Å². The molecule has 1 heterocycles. The smallest absolute Gasteiger partial charge is 0.0700 e. The van der Waals surface area contributed by atoms with Crippen molar-refractivity contribution in [1.82, 2.24) is 10.2 Å². The number of rotatable bonds is 9. The Balaban J connectivity index is 1.91. The lowest BCUT2D eigenvalue weighted by atomic mass is 9.97. The number of nitrogens with zero attached hydrogens (tertiary/aromatic N) is 1. The maximum atomic E-state index is 5.46. The summed E-state index contributed by atoms with van der Waals surface area (Å²) in [6, 6.07) is 0. The van der Waals surface area contributed by atoms with Crippen LogP contribution in [0.15, 0.2) is 0 Å². The van der Waals surface area contributed by atoms with Crippen molar-refractivity contribution >= 4 is 0 Å². The highest BCUT2D eigenvalue weighted by atomic mass is 16.5. The maximum absolute atomic E-state index is 5.46. The Kier molecular flexibility index (Phi) is 8.61. The van der Waals surface area contributed by atoms with E-state index in [2.05, 4.69) is 10.2 Å². The van der Waals surface area contributed by atoms with Crippen molar-refractivity contribution in [1.29, 1.82) is 0 Å². The molecular formula is C13H28N2O2. The average Bonchev–Trinajstić information content (AvgIpc) is 2.36. The van der Waals surface area contributed by atoms with Crippen LogP contribution >= 0.6 is 0 Å². The van der Waals surface area contributed by atoms with Gasteiger partial charge in [-0.25, -0.2) is 0 Å². The van der Waals surface area contributed by atoms with Crippen LogP contribution in [0.4, 0.5) is 0 Å². The average molecular weight is 244 g/mol. The molecule has 0 aromatic heterocycles. The first-order chi connectivity index (χ1) is 8.36. The van der Waals surface area contributed by atoms with Gasteiger partial charge in [-0.1, -0.05) is 0 Å². The first-order valence-electron chi connectivity index (χ1n) is 6.80. The SMILES string of the molecule is CNCC1CCN(CCCOCCOC)CC1. The molecule has 4 heteroatoms. The van der Waals surface area contributed by atoms with Crippen LogP contribution < -0.4 is 5.32 Å². The Morgan fingerprint density at radius 3 is 2.59 bits per heavy atom. The van der Waals surface area contributed by atoms with E-state index in [1.54, 1.807) is 7.11 Å². The fraction of sp³-hybridized carbons (Fsp3) is 1.00. The van der Waals surface area contributed by atoms with Gasteiger partial charge in [-0.3, -0.25) is 0 Å². The lowest BCUT2D eigenvalue weighted by Crippen LogP contribution is -2.37. The second-order valence-electron chi connectivity index (χ2n) is 4.80. The summed E-state index contributed by atoms with van der Waals surface area (Å²) in [5.41, 5.74) is 0. The number of hydrogen-bond acceptors (Lipinski definition) is 4. The van der Waals surface area contributed by atoms with Gasteiger partial charge in [-0.05, 0) is 51.9 Å². The van der Waals surface area contributed by atoms with E-state index >= 15 is 0 Å². The van der Waals surface area contributed by atoms with Crippen molar-refractivity contribution in [2.24, 2.45) is 5.92 Å². The molecule has 0 atom stereocenters. The van der Waals surface area contributed by atoms with Gasteiger partial charge in [0.1, 0.15) is 0 Å². The molecule has 0 bridgehead atoms. The number of likely N-dealkylation sites (tertiary alicyclic amines) is 1. The van der Waals surface area contributed by atoms with Crippen LogP contribution in [0.1, 0.15) is 19.3 Å². The van der Waals surface area contributed by atoms with E-state index in [0.29, 0.717) is 6.61 Å². The number of piperidine rings is 1. The molecule has 0 aromatic carbocycles. The van der Waals surface area contributed by atoms with Crippen molar-refractivity contribution in [3.05, 3.63) is 0 Å². The van der Waals surface area contributed by atoms with E-state index in [1.165, 1.54) is 39.0 Å². The minimum absolute atomic E-state index is 0.704. The molecule has 1 fully saturated rings. The van der Waals surface area contributed by atoms with Crippen molar-refractivity contribution < 1.29 is 9.47 Å². The molecule has 1 saturated heterocycles. The molecule has 1 aliphatic rings. The molecule has 0 aliphatic carbocycles. The second-order valence-corrected chi connectivity index (χ2v) is 4.80. The van der Waals surface area contributed by atoms with E-state index in [9.17, 15) is 0 Å². The molecular weight excluding hydrogens is 216 g/mol. The molecule has 1 rings (SSSR count). The molecule has 0 aromatic rings. The van der Waals surface area contributed by atoms with E-state index < -0.39 is 0 Å². The minimum Gasteiger partial charge on any atom is -0.382 e. The van der Waals surface area contributed by atoms with Gasteiger partial charge in [0.25, 0.3) is 0 Å². The van der Waals surface area contributed by atoms with Gasteiger partial charge in [0, 0.05) is 20.3 Å². The zero-order valence-electron chi connectivity index (χ0n) is 11.4. The van der Waals surface area contributed by atoms with Crippen molar-refractivity contribution in [2.75, 3.05) is 60.2 Å². The summed E-state index contributed by atoms with van der Waals surface area (Å²) in [6.07, 6.45) is 3.82. The van der Waals surface area contributed by atoms with E-state index in [4.69, 9.17) is 9.47 Å². The first-order valence-corrected chi connectivity index (χ1v) is 6.80. The Morgan fingerprint density at radius 1 is 1.18 bits per heavy atom. The lowest BCUT2D eigenvalue weighted by molar-refractivity contribution is 0.0631. The Morgan fingerprint density at radius 2 is 1.94 bits per heavy atom. The number of hydrogen-bond donors (Lipinski definition) is 1. The molecule has 0 saturated carbocycles. The van der Waals surface area contributed by atoms with Crippen molar-refractivity contribution in [3.8, 4) is 0 Å². The van der Waals surface area contributed by atoms with Gasteiger partial charge in [0.05, 0.1) is 13.2 Å². The van der Waals surface area contributed by atoms with Crippen LogP contribution in [0.25, 0.3) is 0 Å². The number of ether oxygens (including phenoxy) is 2. The quantitative estimate of drug-likeness (QED) is 0.613. The summed E-state index contributed by atoms with van der Waals surface area (Å²) in [6.45, 7) is 7.15. The highest BCUT2D eigenvalue weighted by Gasteiger charge is 2.17. The van der Waals surface area contributed by atoms with Crippen LogP contribution in [0, 0.1) is 5.92 Å². The predicted octanol–water partition coefficient (Wildman–Crippen LogP) is 0.971. The second kappa shape index (κ2) is 9.83. The van der Waals surface area contributed by atoms with Gasteiger partial charge >= 0.3 is 0 Å². The van der Waals surface area contributed by atoms with Crippen LogP contribution in [0.3, 0.4) is 0 Å². The van der Waals surface area contributed by atoms with Crippen LogP contribution in [-0.4, -0.2) is 65.1 Å². The largest absolute Gasteiger partial charge is 0.382 e. The van der Waals surface area contributed by atoms with Gasteiger partial charge in [-0.15, -0.1) is 0 Å².